The fourth-order valence-corrected chi connectivity index (χ4v) is 2.45. The van der Waals surface area contributed by atoms with E-state index >= 15 is 0 Å². The third kappa shape index (κ3) is 7.04. The van der Waals surface area contributed by atoms with E-state index in [1.807, 2.05) is 73.7 Å². The molecule has 0 heterocycles. The minimum atomic E-state index is 0.0595. The van der Waals surface area contributed by atoms with Crippen LogP contribution in [0.2, 0.25) is 5.02 Å². The number of benzene rings is 2. The average molecular weight is 364 g/mol. The van der Waals surface area contributed by atoms with Crippen LogP contribution in [0.3, 0.4) is 0 Å². The molecule has 0 bridgehead atoms. The van der Waals surface area contributed by atoms with E-state index in [9.17, 15) is 4.79 Å². The quantitative estimate of drug-likeness (QED) is 0.350. The summed E-state index contributed by atoms with van der Waals surface area (Å²) in [7, 11) is 1.75. The van der Waals surface area contributed by atoms with Crippen molar-refractivity contribution < 1.29 is 4.79 Å². The monoisotopic (exact) mass is 363 g/mol. The van der Waals surface area contributed by atoms with Gasteiger partial charge in [-0.1, -0.05) is 66.2 Å². The molecule has 0 aliphatic heterocycles. The number of rotatable bonds is 7. The molecule has 2 rings (SSSR count). The molecule has 0 unspecified atom stereocenters. The molecule has 26 heavy (non-hydrogen) atoms. The van der Waals surface area contributed by atoms with Crippen LogP contribution in [0.4, 0.5) is 0 Å². The Balaban J connectivity index is 1.96. The average Bonchev–Trinajstić information content (AvgIpc) is 2.64. The molecule has 0 saturated carbocycles. The Morgan fingerprint density at radius 2 is 1.69 bits per heavy atom. The van der Waals surface area contributed by atoms with Crippen LogP contribution in [0.15, 0.2) is 89.5 Å². The van der Waals surface area contributed by atoms with Gasteiger partial charge in [0, 0.05) is 18.5 Å². The summed E-state index contributed by atoms with van der Waals surface area (Å²) in [6.45, 7) is 1.91. The van der Waals surface area contributed by atoms with Gasteiger partial charge in [-0.2, -0.15) is 0 Å². The van der Waals surface area contributed by atoms with E-state index in [0.29, 0.717) is 11.4 Å². The highest BCUT2D eigenvalue weighted by Crippen LogP contribution is 2.11. The number of hydrogen-bond acceptors (Lipinski definition) is 2. The Labute approximate surface area is 160 Å². The molecule has 0 aliphatic rings. The molecule has 2 aromatic rings. The number of ketones is 1. The maximum atomic E-state index is 12.1. The normalized spacial score (nSPS) is 12.9. The standard InChI is InChI=1S/C23H22ClNO/c1-18(16-23(26)17-20-9-12-21(24)13-10-20)8-14-22(25-2)15-11-19-6-4-3-5-7-19/h3-16H,17H2,1-2H3/b14-8-,15-11+,18-16-,25-22?. The minimum absolute atomic E-state index is 0.0595. The molecule has 132 valence electrons. The summed E-state index contributed by atoms with van der Waals surface area (Å²) in [5, 5.41) is 0.672. The lowest BCUT2D eigenvalue weighted by atomic mass is 10.1. The third-order valence-corrected chi connectivity index (χ3v) is 3.95. The van der Waals surface area contributed by atoms with Crippen molar-refractivity contribution in [2.75, 3.05) is 7.05 Å². The molecule has 0 saturated heterocycles. The zero-order chi connectivity index (χ0) is 18.8. The van der Waals surface area contributed by atoms with Crippen molar-refractivity contribution in [3.8, 4) is 0 Å². The number of carbonyl (C=O) groups excluding carboxylic acids is 1. The summed E-state index contributed by atoms with van der Waals surface area (Å²) < 4.78 is 0. The molecular formula is C23H22ClNO. The summed E-state index contributed by atoms with van der Waals surface area (Å²) in [4.78, 5) is 16.4. The van der Waals surface area contributed by atoms with Gasteiger partial charge in [0.05, 0.1) is 5.71 Å². The van der Waals surface area contributed by atoms with Gasteiger partial charge in [0.15, 0.2) is 5.78 Å². The van der Waals surface area contributed by atoms with Crippen molar-refractivity contribution in [2.24, 2.45) is 4.99 Å². The second-order valence-corrected chi connectivity index (χ2v) is 6.32. The Kier molecular flexibility index (Phi) is 7.78. The molecular weight excluding hydrogens is 342 g/mol. The number of allylic oxidation sites excluding steroid dienone is 5. The van der Waals surface area contributed by atoms with Gasteiger partial charge < -0.3 is 0 Å². The lowest BCUT2D eigenvalue weighted by molar-refractivity contribution is -0.114. The zero-order valence-corrected chi connectivity index (χ0v) is 15.8. The van der Waals surface area contributed by atoms with Crippen LogP contribution >= 0.6 is 11.6 Å². The van der Waals surface area contributed by atoms with Gasteiger partial charge in [-0.15, -0.1) is 0 Å². The van der Waals surface area contributed by atoms with E-state index in [0.717, 1.165) is 22.4 Å². The van der Waals surface area contributed by atoms with E-state index in [4.69, 9.17) is 11.6 Å². The Morgan fingerprint density at radius 3 is 2.35 bits per heavy atom. The van der Waals surface area contributed by atoms with Gasteiger partial charge >= 0.3 is 0 Å². The van der Waals surface area contributed by atoms with Gasteiger partial charge in [-0.3, -0.25) is 9.79 Å². The second-order valence-electron chi connectivity index (χ2n) is 5.88. The second kappa shape index (κ2) is 10.3. The molecule has 0 radical (unpaired) electrons. The topological polar surface area (TPSA) is 29.4 Å². The lowest BCUT2D eigenvalue weighted by Crippen LogP contribution is -1.99. The minimum Gasteiger partial charge on any atom is -0.294 e. The first-order valence-electron chi connectivity index (χ1n) is 8.40. The molecule has 0 fully saturated rings. The van der Waals surface area contributed by atoms with Gasteiger partial charge in [0.25, 0.3) is 0 Å². The molecule has 2 nitrogen and oxygen atoms in total. The molecule has 0 aromatic heterocycles. The number of nitrogens with zero attached hydrogens (tertiary/aromatic N) is 1. The SMILES string of the molecule is CN=C(/C=C\C(C)=C/C(=O)Cc1ccc(Cl)cc1)/C=C/c1ccccc1. The maximum Gasteiger partial charge on any atom is 0.160 e. The molecule has 3 heteroatoms. The van der Waals surface area contributed by atoms with Crippen LogP contribution < -0.4 is 0 Å². The zero-order valence-electron chi connectivity index (χ0n) is 15.0. The largest absolute Gasteiger partial charge is 0.294 e. The Hall–Kier alpha value is -2.71. The Morgan fingerprint density at radius 1 is 1.00 bits per heavy atom. The maximum absolute atomic E-state index is 12.1. The van der Waals surface area contributed by atoms with Crippen LogP contribution in [0, 0.1) is 0 Å². The molecule has 0 amide bonds. The highest BCUT2D eigenvalue weighted by Gasteiger charge is 2.01. The van der Waals surface area contributed by atoms with Crippen LogP contribution in [0.25, 0.3) is 6.08 Å². The molecule has 2 aromatic carbocycles. The lowest BCUT2D eigenvalue weighted by Gasteiger charge is -1.99. The van der Waals surface area contributed by atoms with Crippen molar-refractivity contribution >= 4 is 29.2 Å². The van der Waals surface area contributed by atoms with Crippen LogP contribution in [-0.2, 0) is 11.2 Å². The molecule has 0 N–H and O–H groups in total. The van der Waals surface area contributed by atoms with Crippen molar-refractivity contribution in [3.05, 3.63) is 101 Å². The van der Waals surface area contributed by atoms with E-state index in [1.54, 1.807) is 25.3 Å². The first-order chi connectivity index (χ1) is 12.6. The number of carbonyl (C=O) groups is 1. The predicted octanol–water partition coefficient (Wildman–Crippen LogP) is 5.74. The summed E-state index contributed by atoms with van der Waals surface area (Å²) in [5.41, 5.74) is 3.80. The van der Waals surface area contributed by atoms with Crippen LogP contribution in [-0.4, -0.2) is 18.5 Å². The van der Waals surface area contributed by atoms with E-state index in [2.05, 4.69) is 4.99 Å². The summed E-state index contributed by atoms with van der Waals surface area (Å²) >= 11 is 5.86. The van der Waals surface area contributed by atoms with E-state index in [1.165, 1.54) is 0 Å². The Bertz CT molecular complexity index is 844. The summed E-state index contributed by atoms with van der Waals surface area (Å²) in [6.07, 6.45) is 9.79. The number of hydrogen-bond donors (Lipinski definition) is 0. The first kappa shape index (κ1) is 19.6. The number of aliphatic imine (C=N–C) groups is 1. The first-order valence-corrected chi connectivity index (χ1v) is 8.78. The van der Waals surface area contributed by atoms with Crippen molar-refractivity contribution in [1.29, 1.82) is 0 Å². The third-order valence-electron chi connectivity index (χ3n) is 3.70. The van der Waals surface area contributed by atoms with Crippen LogP contribution in [0.5, 0.6) is 0 Å². The van der Waals surface area contributed by atoms with Gasteiger partial charge in [-0.05, 0) is 54.0 Å². The van der Waals surface area contributed by atoms with Gasteiger partial charge in [0.2, 0.25) is 0 Å². The smallest absolute Gasteiger partial charge is 0.160 e. The van der Waals surface area contributed by atoms with E-state index in [-0.39, 0.29) is 5.78 Å². The summed E-state index contributed by atoms with van der Waals surface area (Å²) in [6, 6.07) is 17.4. The highest BCUT2D eigenvalue weighted by molar-refractivity contribution is 6.30. The van der Waals surface area contributed by atoms with E-state index < -0.39 is 0 Å². The van der Waals surface area contributed by atoms with Crippen molar-refractivity contribution in [3.63, 3.8) is 0 Å². The van der Waals surface area contributed by atoms with Gasteiger partial charge in [0.1, 0.15) is 0 Å². The molecule has 0 spiro atoms. The molecule has 0 atom stereocenters. The summed E-state index contributed by atoms with van der Waals surface area (Å²) in [5.74, 6) is 0.0595. The van der Waals surface area contributed by atoms with Crippen LogP contribution in [0.1, 0.15) is 18.1 Å². The number of halogens is 1. The fraction of sp³-hybridized carbons (Fsp3) is 0.130. The predicted molar refractivity (Wildman–Crippen MR) is 112 cm³/mol. The molecule has 0 aliphatic carbocycles. The highest BCUT2D eigenvalue weighted by atomic mass is 35.5. The van der Waals surface area contributed by atoms with Crippen molar-refractivity contribution in [1.82, 2.24) is 0 Å². The van der Waals surface area contributed by atoms with Crippen molar-refractivity contribution in [2.45, 2.75) is 13.3 Å². The van der Waals surface area contributed by atoms with Gasteiger partial charge in [-0.25, -0.2) is 0 Å². The fourth-order valence-electron chi connectivity index (χ4n) is 2.32.